The van der Waals surface area contributed by atoms with E-state index in [1.54, 1.807) is 0 Å². The number of carboxylic acid groups (broad SMARTS) is 1. The molecular formula is C16H14ClFN2O5. The van der Waals surface area contributed by atoms with Crippen LogP contribution in [0.3, 0.4) is 0 Å². The summed E-state index contributed by atoms with van der Waals surface area (Å²) in [7, 11) is 0. The van der Waals surface area contributed by atoms with Gasteiger partial charge >= 0.3 is 5.97 Å². The minimum Gasteiger partial charge on any atom is -0.479 e. The van der Waals surface area contributed by atoms with Gasteiger partial charge in [-0.05, 0) is 19.1 Å². The summed E-state index contributed by atoms with van der Waals surface area (Å²) in [5.41, 5.74) is 0.00872. The standard InChI is InChI=1S/C16H14ClFN2O5/c1-8-12(15(21)20-5-6-24-11(7-20)16(22)23)14(19-25-8)13-9(17)3-2-4-10(13)18/h2-4,11H,5-7H2,1H3,(H,22,23)/t11-/m1/s1. The van der Waals surface area contributed by atoms with Crippen LogP contribution in [-0.2, 0) is 9.53 Å². The molecule has 9 heteroatoms. The normalized spacial score (nSPS) is 17.6. The number of aliphatic carboxylic acids is 1. The van der Waals surface area contributed by atoms with Crippen molar-refractivity contribution in [2.24, 2.45) is 0 Å². The lowest BCUT2D eigenvalue weighted by Crippen LogP contribution is -2.48. The van der Waals surface area contributed by atoms with E-state index in [1.165, 1.54) is 30.0 Å². The fourth-order valence-corrected chi connectivity index (χ4v) is 2.91. The number of nitrogens with zero attached hydrogens (tertiary/aromatic N) is 2. The molecule has 1 atom stereocenters. The van der Waals surface area contributed by atoms with E-state index in [2.05, 4.69) is 5.16 Å². The van der Waals surface area contributed by atoms with E-state index in [-0.39, 0.29) is 47.3 Å². The van der Waals surface area contributed by atoms with E-state index in [0.717, 1.165) is 0 Å². The molecule has 1 N–H and O–H groups in total. The fraction of sp³-hybridized carbons (Fsp3) is 0.312. The summed E-state index contributed by atoms with van der Waals surface area (Å²) in [5.74, 6) is -2.11. The van der Waals surface area contributed by atoms with Crippen molar-refractivity contribution in [3.8, 4) is 11.3 Å². The Labute approximate surface area is 146 Å². The number of rotatable bonds is 3. The molecule has 0 bridgehead atoms. The van der Waals surface area contributed by atoms with Gasteiger partial charge in [-0.15, -0.1) is 0 Å². The third kappa shape index (κ3) is 3.22. The highest BCUT2D eigenvalue weighted by molar-refractivity contribution is 6.33. The number of amides is 1. The average molecular weight is 369 g/mol. The van der Waals surface area contributed by atoms with Gasteiger partial charge in [0.05, 0.1) is 23.7 Å². The molecule has 0 saturated carbocycles. The molecule has 1 aliphatic rings. The van der Waals surface area contributed by atoms with Crippen molar-refractivity contribution in [3.63, 3.8) is 0 Å². The summed E-state index contributed by atoms with van der Waals surface area (Å²) in [6.07, 6.45) is -1.11. The molecule has 0 spiro atoms. The van der Waals surface area contributed by atoms with Crippen LogP contribution in [0, 0.1) is 12.7 Å². The second kappa shape index (κ2) is 6.81. The summed E-state index contributed by atoms with van der Waals surface area (Å²) >= 11 is 6.06. The molecule has 1 fully saturated rings. The van der Waals surface area contributed by atoms with Crippen LogP contribution in [0.1, 0.15) is 16.1 Å². The average Bonchev–Trinajstić information content (AvgIpc) is 2.95. The lowest BCUT2D eigenvalue weighted by Gasteiger charge is -2.30. The Balaban J connectivity index is 2.00. The predicted octanol–water partition coefficient (Wildman–Crippen LogP) is 2.37. The SMILES string of the molecule is Cc1onc(-c2c(F)cccc2Cl)c1C(=O)N1CCO[C@@H](C(=O)O)C1. The van der Waals surface area contributed by atoms with Crippen molar-refractivity contribution in [3.05, 3.63) is 40.4 Å². The van der Waals surface area contributed by atoms with Crippen molar-refractivity contribution in [1.29, 1.82) is 0 Å². The molecule has 1 aromatic carbocycles. The molecule has 1 aliphatic heterocycles. The second-order valence-electron chi connectivity index (χ2n) is 5.51. The summed E-state index contributed by atoms with van der Waals surface area (Å²) in [4.78, 5) is 25.3. The van der Waals surface area contributed by atoms with Gasteiger partial charge in [0.15, 0.2) is 6.10 Å². The van der Waals surface area contributed by atoms with Crippen LogP contribution in [0.5, 0.6) is 0 Å². The van der Waals surface area contributed by atoms with Crippen molar-refractivity contribution >= 4 is 23.5 Å². The number of halogens is 2. The Hall–Kier alpha value is -2.45. The molecule has 0 radical (unpaired) electrons. The number of carbonyl (C=O) groups is 2. The summed E-state index contributed by atoms with van der Waals surface area (Å²) in [5, 5.41) is 12.9. The first-order chi connectivity index (χ1) is 11.9. The van der Waals surface area contributed by atoms with Gasteiger partial charge in [0.1, 0.15) is 22.8 Å². The number of carbonyl (C=O) groups excluding carboxylic acids is 1. The van der Waals surface area contributed by atoms with E-state index in [9.17, 15) is 14.0 Å². The molecule has 2 aromatic rings. The maximum absolute atomic E-state index is 14.2. The molecule has 7 nitrogen and oxygen atoms in total. The summed E-state index contributed by atoms with van der Waals surface area (Å²) in [6, 6.07) is 4.12. The number of ether oxygens (including phenoxy) is 1. The van der Waals surface area contributed by atoms with Crippen LogP contribution in [0.15, 0.2) is 22.7 Å². The lowest BCUT2D eigenvalue weighted by molar-refractivity contribution is -0.154. The first kappa shape index (κ1) is 17.4. The Kier molecular flexibility index (Phi) is 4.73. The molecule has 3 rings (SSSR count). The number of aryl methyl sites for hydroxylation is 1. The van der Waals surface area contributed by atoms with Gasteiger partial charge in [-0.3, -0.25) is 4.79 Å². The van der Waals surface area contributed by atoms with Crippen molar-refractivity contribution in [2.75, 3.05) is 19.7 Å². The first-order valence-corrected chi connectivity index (χ1v) is 7.82. The number of hydrogen-bond acceptors (Lipinski definition) is 5. The van der Waals surface area contributed by atoms with Crippen molar-refractivity contribution in [2.45, 2.75) is 13.0 Å². The van der Waals surface area contributed by atoms with E-state index in [0.29, 0.717) is 0 Å². The van der Waals surface area contributed by atoms with Gasteiger partial charge in [-0.2, -0.15) is 0 Å². The minimum atomic E-state index is -1.16. The van der Waals surface area contributed by atoms with E-state index in [1.807, 2.05) is 0 Å². The summed E-state index contributed by atoms with van der Waals surface area (Å²) < 4.78 is 24.4. The van der Waals surface area contributed by atoms with Gasteiger partial charge in [-0.1, -0.05) is 22.8 Å². The molecular weight excluding hydrogens is 355 g/mol. The molecule has 1 aromatic heterocycles. The third-order valence-corrected chi connectivity index (χ3v) is 4.22. The maximum atomic E-state index is 14.2. The quantitative estimate of drug-likeness (QED) is 0.894. The van der Waals surface area contributed by atoms with Crippen LogP contribution in [0.25, 0.3) is 11.3 Å². The molecule has 1 saturated heterocycles. The second-order valence-corrected chi connectivity index (χ2v) is 5.92. The van der Waals surface area contributed by atoms with Gasteiger partial charge < -0.3 is 19.3 Å². The zero-order valence-electron chi connectivity index (χ0n) is 13.2. The molecule has 132 valence electrons. The highest BCUT2D eigenvalue weighted by Crippen LogP contribution is 2.34. The van der Waals surface area contributed by atoms with Gasteiger partial charge in [0.25, 0.3) is 5.91 Å². The highest BCUT2D eigenvalue weighted by Gasteiger charge is 2.33. The van der Waals surface area contributed by atoms with Gasteiger partial charge in [0.2, 0.25) is 0 Å². The first-order valence-electron chi connectivity index (χ1n) is 7.44. The van der Waals surface area contributed by atoms with Crippen LogP contribution in [0.4, 0.5) is 4.39 Å². The zero-order valence-corrected chi connectivity index (χ0v) is 13.9. The molecule has 2 heterocycles. The van der Waals surface area contributed by atoms with Crippen molar-refractivity contribution < 1.29 is 28.3 Å². The smallest absolute Gasteiger partial charge is 0.334 e. The zero-order chi connectivity index (χ0) is 18.1. The molecule has 0 unspecified atom stereocenters. The molecule has 0 aliphatic carbocycles. The number of benzene rings is 1. The Morgan fingerprint density at radius 1 is 1.44 bits per heavy atom. The fourth-order valence-electron chi connectivity index (χ4n) is 2.66. The van der Waals surface area contributed by atoms with Gasteiger partial charge in [0, 0.05) is 6.54 Å². The van der Waals surface area contributed by atoms with Crippen LogP contribution < -0.4 is 0 Å². The predicted molar refractivity (Wildman–Crippen MR) is 84.9 cm³/mol. The number of carboxylic acids is 1. The van der Waals surface area contributed by atoms with E-state index >= 15 is 0 Å². The van der Waals surface area contributed by atoms with E-state index in [4.69, 9.17) is 26.0 Å². The van der Waals surface area contributed by atoms with Gasteiger partial charge in [-0.25, -0.2) is 9.18 Å². The van der Waals surface area contributed by atoms with Crippen LogP contribution in [0.2, 0.25) is 5.02 Å². The molecule has 1 amide bonds. The monoisotopic (exact) mass is 368 g/mol. The Bertz CT molecular complexity index is 818. The minimum absolute atomic E-state index is 0.0102. The van der Waals surface area contributed by atoms with Crippen LogP contribution in [-0.4, -0.2) is 52.8 Å². The lowest BCUT2D eigenvalue weighted by atomic mass is 10.0. The Morgan fingerprint density at radius 2 is 2.20 bits per heavy atom. The van der Waals surface area contributed by atoms with E-state index < -0.39 is 23.8 Å². The third-order valence-electron chi connectivity index (χ3n) is 3.91. The summed E-state index contributed by atoms with van der Waals surface area (Å²) in [6.45, 7) is 1.69. The number of aromatic nitrogens is 1. The molecule has 25 heavy (non-hydrogen) atoms. The highest BCUT2D eigenvalue weighted by atomic mass is 35.5. The Morgan fingerprint density at radius 3 is 2.88 bits per heavy atom. The number of morpholine rings is 1. The maximum Gasteiger partial charge on any atom is 0.334 e. The largest absolute Gasteiger partial charge is 0.479 e. The number of hydrogen-bond donors (Lipinski definition) is 1. The topological polar surface area (TPSA) is 92.9 Å². The van der Waals surface area contributed by atoms with Crippen molar-refractivity contribution in [1.82, 2.24) is 10.1 Å². The van der Waals surface area contributed by atoms with Crippen LogP contribution >= 0.6 is 11.6 Å².